The smallest absolute Gasteiger partial charge is 0.192 e. The molecular formula is C14H16ClN3S. The van der Waals surface area contributed by atoms with Gasteiger partial charge in [-0.05, 0) is 48.5 Å². The Morgan fingerprint density at radius 1 is 1.26 bits per heavy atom. The van der Waals surface area contributed by atoms with Gasteiger partial charge in [0.05, 0.1) is 0 Å². The van der Waals surface area contributed by atoms with Gasteiger partial charge in [0.2, 0.25) is 0 Å². The number of benzene rings is 1. The minimum absolute atomic E-state index is 0.734. The highest BCUT2D eigenvalue weighted by atomic mass is 35.5. The third-order valence-corrected chi connectivity index (χ3v) is 3.74. The molecule has 0 aliphatic rings. The van der Waals surface area contributed by atoms with E-state index < -0.39 is 0 Å². The van der Waals surface area contributed by atoms with Crippen LogP contribution in [0, 0.1) is 0 Å². The van der Waals surface area contributed by atoms with Crippen molar-refractivity contribution in [1.82, 2.24) is 15.3 Å². The van der Waals surface area contributed by atoms with Gasteiger partial charge >= 0.3 is 0 Å². The normalized spacial score (nSPS) is 10.6. The van der Waals surface area contributed by atoms with Gasteiger partial charge in [-0.3, -0.25) is 0 Å². The lowest BCUT2D eigenvalue weighted by molar-refractivity contribution is 0.669. The zero-order valence-corrected chi connectivity index (χ0v) is 12.3. The number of nitrogens with one attached hydrogen (secondary N) is 1. The Labute approximate surface area is 122 Å². The summed E-state index contributed by atoms with van der Waals surface area (Å²) in [6.45, 7) is 4.00. The highest BCUT2D eigenvalue weighted by molar-refractivity contribution is 7.99. The maximum absolute atomic E-state index is 6.07. The van der Waals surface area contributed by atoms with E-state index in [2.05, 4.69) is 28.3 Å². The van der Waals surface area contributed by atoms with Crippen molar-refractivity contribution in [3.63, 3.8) is 0 Å². The number of rotatable bonds is 6. The number of hydrogen-bond donors (Lipinski definition) is 1. The van der Waals surface area contributed by atoms with Crippen molar-refractivity contribution in [2.75, 3.05) is 6.54 Å². The highest BCUT2D eigenvalue weighted by Crippen LogP contribution is 2.30. The summed E-state index contributed by atoms with van der Waals surface area (Å²) in [5.74, 6) is 0. The molecule has 2 rings (SSSR count). The van der Waals surface area contributed by atoms with Crippen molar-refractivity contribution >= 4 is 23.4 Å². The maximum Gasteiger partial charge on any atom is 0.192 e. The lowest BCUT2D eigenvalue weighted by atomic mass is 10.2. The Morgan fingerprint density at radius 3 is 2.79 bits per heavy atom. The number of aromatic nitrogens is 2. The maximum atomic E-state index is 6.07. The van der Waals surface area contributed by atoms with E-state index in [1.165, 1.54) is 17.3 Å². The first-order valence-electron chi connectivity index (χ1n) is 6.23. The van der Waals surface area contributed by atoms with Crippen molar-refractivity contribution in [3.05, 3.63) is 47.2 Å². The highest BCUT2D eigenvalue weighted by Gasteiger charge is 2.07. The summed E-state index contributed by atoms with van der Waals surface area (Å²) >= 11 is 7.61. The molecule has 1 N–H and O–H groups in total. The van der Waals surface area contributed by atoms with Crippen molar-refractivity contribution in [2.24, 2.45) is 0 Å². The Kier molecular flexibility index (Phi) is 5.63. The first-order chi connectivity index (χ1) is 9.29. The molecule has 0 spiro atoms. The quantitative estimate of drug-likeness (QED) is 0.650. The molecule has 3 nitrogen and oxygen atoms in total. The number of nitrogens with zero attached hydrogens (tertiary/aromatic N) is 2. The van der Waals surface area contributed by atoms with Crippen LogP contribution in [0.4, 0.5) is 0 Å². The molecule has 0 atom stereocenters. The summed E-state index contributed by atoms with van der Waals surface area (Å²) in [7, 11) is 0. The molecule has 1 aromatic heterocycles. The first kappa shape index (κ1) is 14.3. The molecule has 0 fully saturated rings. The fourth-order valence-electron chi connectivity index (χ4n) is 1.61. The Balaban J connectivity index is 2.15. The monoisotopic (exact) mass is 293 g/mol. The van der Waals surface area contributed by atoms with Crippen LogP contribution in [-0.2, 0) is 6.54 Å². The molecule has 19 heavy (non-hydrogen) atoms. The molecule has 0 saturated heterocycles. The SMILES string of the molecule is CCCNCc1ccc(Cl)cc1Sc1ncccn1. The van der Waals surface area contributed by atoms with Gasteiger partial charge in [-0.2, -0.15) is 0 Å². The van der Waals surface area contributed by atoms with Crippen LogP contribution in [0.2, 0.25) is 5.02 Å². The van der Waals surface area contributed by atoms with Crippen molar-refractivity contribution in [3.8, 4) is 0 Å². The van der Waals surface area contributed by atoms with E-state index in [1.807, 2.05) is 18.2 Å². The zero-order chi connectivity index (χ0) is 13.5. The van der Waals surface area contributed by atoms with Gasteiger partial charge in [-0.1, -0.05) is 24.6 Å². The second kappa shape index (κ2) is 7.48. The fraction of sp³-hybridized carbons (Fsp3) is 0.286. The summed E-state index contributed by atoms with van der Waals surface area (Å²) in [6, 6.07) is 7.74. The van der Waals surface area contributed by atoms with E-state index >= 15 is 0 Å². The predicted molar refractivity (Wildman–Crippen MR) is 79.6 cm³/mol. The van der Waals surface area contributed by atoms with Gasteiger partial charge in [0.1, 0.15) is 0 Å². The minimum Gasteiger partial charge on any atom is -0.313 e. The Morgan fingerprint density at radius 2 is 2.05 bits per heavy atom. The van der Waals surface area contributed by atoms with Crippen LogP contribution in [0.1, 0.15) is 18.9 Å². The molecule has 0 bridgehead atoms. The van der Waals surface area contributed by atoms with Gasteiger partial charge in [0, 0.05) is 28.9 Å². The van der Waals surface area contributed by atoms with E-state index in [4.69, 9.17) is 11.6 Å². The number of hydrogen-bond acceptors (Lipinski definition) is 4. The van der Waals surface area contributed by atoms with Gasteiger partial charge in [-0.15, -0.1) is 0 Å². The van der Waals surface area contributed by atoms with E-state index in [9.17, 15) is 0 Å². The molecule has 0 radical (unpaired) electrons. The molecule has 0 aliphatic carbocycles. The molecular weight excluding hydrogens is 278 g/mol. The Bertz CT molecular complexity index is 519. The molecule has 0 unspecified atom stereocenters. The summed E-state index contributed by atoms with van der Waals surface area (Å²) in [5.41, 5.74) is 1.22. The fourth-order valence-corrected chi connectivity index (χ4v) is 2.72. The van der Waals surface area contributed by atoms with E-state index in [-0.39, 0.29) is 0 Å². The summed E-state index contributed by atoms with van der Waals surface area (Å²) in [6.07, 6.45) is 4.61. The largest absolute Gasteiger partial charge is 0.313 e. The van der Waals surface area contributed by atoms with Gasteiger partial charge in [0.25, 0.3) is 0 Å². The third kappa shape index (κ3) is 4.49. The van der Waals surface area contributed by atoms with Gasteiger partial charge in [-0.25, -0.2) is 9.97 Å². The second-order valence-corrected chi connectivity index (χ2v) is 5.51. The minimum atomic E-state index is 0.734. The van der Waals surface area contributed by atoms with Crippen molar-refractivity contribution in [1.29, 1.82) is 0 Å². The van der Waals surface area contributed by atoms with Crippen LogP contribution < -0.4 is 5.32 Å². The van der Waals surface area contributed by atoms with Crippen LogP contribution in [0.15, 0.2) is 46.7 Å². The third-order valence-electron chi connectivity index (χ3n) is 2.51. The van der Waals surface area contributed by atoms with Crippen molar-refractivity contribution < 1.29 is 0 Å². The van der Waals surface area contributed by atoms with Crippen LogP contribution in [0.5, 0.6) is 0 Å². The molecule has 5 heteroatoms. The first-order valence-corrected chi connectivity index (χ1v) is 7.43. The molecule has 100 valence electrons. The van der Waals surface area contributed by atoms with Crippen LogP contribution in [0.25, 0.3) is 0 Å². The van der Waals surface area contributed by atoms with E-state index in [0.717, 1.165) is 34.6 Å². The lowest BCUT2D eigenvalue weighted by Crippen LogP contribution is -2.14. The summed E-state index contributed by atoms with van der Waals surface area (Å²) < 4.78 is 0. The molecule has 0 amide bonds. The molecule has 1 heterocycles. The standard InChI is InChI=1S/C14H16ClN3S/c1-2-6-16-10-11-4-5-12(15)9-13(11)19-14-17-7-3-8-18-14/h3-5,7-9,16H,2,6,10H2,1H3. The molecule has 2 aromatic rings. The predicted octanol–water partition coefficient (Wildman–Crippen LogP) is 3.78. The topological polar surface area (TPSA) is 37.8 Å². The molecule has 0 saturated carbocycles. The average molecular weight is 294 g/mol. The van der Waals surface area contributed by atoms with Gasteiger partial charge < -0.3 is 5.32 Å². The van der Waals surface area contributed by atoms with Crippen LogP contribution in [-0.4, -0.2) is 16.5 Å². The second-order valence-electron chi connectivity index (χ2n) is 4.06. The Hall–Kier alpha value is -1.10. The van der Waals surface area contributed by atoms with E-state index in [1.54, 1.807) is 12.4 Å². The van der Waals surface area contributed by atoms with Crippen LogP contribution >= 0.6 is 23.4 Å². The summed E-state index contributed by atoms with van der Waals surface area (Å²) in [4.78, 5) is 9.56. The van der Waals surface area contributed by atoms with Gasteiger partial charge in [0.15, 0.2) is 5.16 Å². The summed E-state index contributed by atoms with van der Waals surface area (Å²) in [5, 5.41) is 4.87. The average Bonchev–Trinajstić information content (AvgIpc) is 2.43. The van der Waals surface area contributed by atoms with Crippen LogP contribution in [0.3, 0.4) is 0 Å². The zero-order valence-electron chi connectivity index (χ0n) is 10.8. The van der Waals surface area contributed by atoms with E-state index in [0.29, 0.717) is 0 Å². The molecule has 0 aliphatic heterocycles. The lowest BCUT2D eigenvalue weighted by Gasteiger charge is -2.09. The molecule has 1 aromatic carbocycles. The number of halogens is 1. The van der Waals surface area contributed by atoms with Crippen molar-refractivity contribution in [2.45, 2.75) is 29.9 Å².